The number of amides is 1. The topological polar surface area (TPSA) is 105 Å². The summed E-state index contributed by atoms with van der Waals surface area (Å²) in [6.45, 7) is 6.05. The first-order valence-corrected chi connectivity index (χ1v) is 8.97. The van der Waals surface area contributed by atoms with Gasteiger partial charge in [-0.15, -0.1) is 0 Å². The summed E-state index contributed by atoms with van der Waals surface area (Å²) in [5, 5.41) is 15.6. The maximum Gasteiger partial charge on any atom is 0.326 e. The SMILES string of the molecule is C/C=C/CC(NC(=O)CCc1nc(-c2ccc(C(C)C)cc2)no1)C(=O)O. The molecule has 2 N–H and O–H groups in total. The molecule has 0 radical (unpaired) electrons. The smallest absolute Gasteiger partial charge is 0.326 e. The second-order valence-corrected chi connectivity index (χ2v) is 6.55. The lowest BCUT2D eigenvalue weighted by Crippen LogP contribution is -2.40. The quantitative estimate of drug-likeness (QED) is 0.655. The van der Waals surface area contributed by atoms with E-state index in [1.165, 1.54) is 5.56 Å². The van der Waals surface area contributed by atoms with Crippen LogP contribution in [0.25, 0.3) is 11.4 Å². The molecule has 0 aliphatic carbocycles. The number of carbonyl (C=O) groups is 2. The van der Waals surface area contributed by atoms with Gasteiger partial charge in [0.15, 0.2) is 0 Å². The minimum absolute atomic E-state index is 0.0769. The fourth-order valence-corrected chi connectivity index (χ4v) is 2.47. The van der Waals surface area contributed by atoms with Crippen molar-refractivity contribution in [3.8, 4) is 11.4 Å². The number of nitrogens with one attached hydrogen (secondary N) is 1. The van der Waals surface area contributed by atoms with Crippen molar-refractivity contribution in [3.63, 3.8) is 0 Å². The Morgan fingerprint density at radius 2 is 1.96 bits per heavy atom. The summed E-state index contributed by atoms with van der Waals surface area (Å²) < 4.78 is 5.20. The molecule has 2 aromatic rings. The Labute approximate surface area is 158 Å². The number of benzene rings is 1. The summed E-state index contributed by atoms with van der Waals surface area (Å²) in [6, 6.07) is 7.00. The molecule has 2 rings (SSSR count). The fraction of sp³-hybridized carbons (Fsp3) is 0.400. The molecule has 0 fully saturated rings. The Morgan fingerprint density at radius 1 is 1.26 bits per heavy atom. The molecular weight excluding hydrogens is 346 g/mol. The van der Waals surface area contributed by atoms with Crippen LogP contribution in [-0.2, 0) is 16.0 Å². The van der Waals surface area contributed by atoms with Crippen LogP contribution in [0.3, 0.4) is 0 Å². The highest BCUT2D eigenvalue weighted by molar-refractivity contribution is 5.83. The average molecular weight is 371 g/mol. The molecule has 1 atom stereocenters. The van der Waals surface area contributed by atoms with E-state index in [2.05, 4.69) is 29.3 Å². The molecule has 0 aliphatic rings. The number of aliphatic carboxylic acids is 1. The summed E-state index contributed by atoms with van der Waals surface area (Å²) >= 11 is 0. The van der Waals surface area contributed by atoms with E-state index in [0.29, 0.717) is 17.6 Å². The molecule has 0 aliphatic heterocycles. The van der Waals surface area contributed by atoms with Gasteiger partial charge in [-0.05, 0) is 24.8 Å². The third-order valence-corrected chi connectivity index (χ3v) is 4.11. The first kappa shape index (κ1) is 20.4. The van der Waals surface area contributed by atoms with E-state index in [1.807, 2.05) is 24.3 Å². The van der Waals surface area contributed by atoms with Crippen molar-refractivity contribution >= 4 is 11.9 Å². The van der Waals surface area contributed by atoms with E-state index >= 15 is 0 Å². The first-order chi connectivity index (χ1) is 12.9. The minimum atomic E-state index is -1.06. The number of aryl methyl sites for hydroxylation is 1. The minimum Gasteiger partial charge on any atom is -0.480 e. The third kappa shape index (κ3) is 6.06. The van der Waals surface area contributed by atoms with Crippen LogP contribution in [0.5, 0.6) is 0 Å². The number of nitrogens with zero attached hydrogens (tertiary/aromatic N) is 2. The lowest BCUT2D eigenvalue weighted by atomic mass is 10.0. The number of carboxylic acid groups (broad SMARTS) is 1. The van der Waals surface area contributed by atoms with Crippen LogP contribution < -0.4 is 5.32 Å². The van der Waals surface area contributed by atoms with Crippen molar-refractivity contribution in [3.05, 3.63) is 47.9 Å². The number of allylic oxidation sites excluding steroid dienone is 1. The zero-order chi connectivity index (χ0) is 19.8. The number of hydrogen-bond donors (Lipinski definition) is 2. The van der Waals surface area contributed by atoms with Crippen molar-refractivity contribution in [2.45, 2.75) is 52.0 Å². The van der Waals surface area contributed by atoms with Crippen LogP contribution in [0.4, 0.5) is 0 Å². The number of carboxylic acids is 1. The van der Waals surface area contributed by atoms with Crippen LogP contribution >= 0.6 is 0 Å². The molecule has 27 heavy (non-hydrogen) atoms. The molecule has 0 bridgehead atoms. The van der Waals surface area contributed by atoms with Gasteiger partial charge in [0.2, 0.25) is 17.6 Å². The zero-order valence-corrected chi connectivity index (χ0v) is 15.8. The zero-order valence-electron chi connectivity index (χ0n) is 15.8. The van der Waals surface area contributed by atoms with Crippen molar-refractivity contribution in [2.75, 3.05) is 0 Å². The molecule has 1 aromatic carbocycles. The van der Waals surface area contributed by atoms with Crippen molar-refractivity contribution in [1.82, 2.24) is 15.5 Å². The molecule has 144 valence electrons. The van der Waals surface area contributed by atoms with Crippen LogP contribution in [0.2, 0.25) is 0 Å². The Morgan fingerprint density at radius 3 is 2.56 bits per heavy atom. The van der Waals surface area contributed by atoms with Gasteiger partial charge in [0.05, 0.1) is 0 Å². The van der Waals surface area contributed by atoms with E-state index in [-0.39, 0.29) is 25.2 Å². The van der Waals surface area contributed by atoms with E-state index in [4.69, 9.17) is 9.63 Å². The van der Waals surface area contributed by atoms with Crippen molar-refractivity contribution < 1.29 is 19.2 Å². The van der Waals surface area contributed by atoms with Gasteiger partial charge in [0.25, 0.3) is 0 Å². The molecule has 0 spiro atoms. The second-order valence-electron chi connectivity index (χ2n) is 6.55. The van der Waals surface area contributed by atoms with Gasteiger partial charge in [-0.2, -0.15) is 4.98 Å². The lowest BCUT2D eigenvalue weighted by molar-refractivity contribution is -0.141. The highest BCUT2D eigenvalue weighted by Gasteiger charge is 2.19. The van der Waals surface area contributed by atoms with E-state index in [0.717, 1.165) is 5.56 Å². The molecular formula is C20H25N3O4. The molecule has 7 nitrogen and oxygen atoms in total. The summed E-state index contributed by atoms with van der Waals surface area (Å²) in [5.41, 5.74) is 2.07. The average Bonchev–Trinajstić information content (AvgIpc) is 3.12. The molecule has 1 amide bonds. The Bertz CT molecular complexity index is 794. The highest BCUT2D eigenvalue weighted by atomic mass is 16.5. The monoisotopic (exact) mass is 371 g/mol. The summed E-state index contributed by atoms with van der Waals surface area (Å²) in [7, 11) is 0. The molecule has 7 heteroatoms. The number of carbonyl (C=O) groups excluding carboxylic acids is 1. The van der Waals surface area contributed by atoms with Gasteiger partial charge in [-0.1, -0.05) is 55.4 Å². The van der Waals surface area contributed by atoms with Crippen LogP contribution in [0.1, 0.15) is 51.0 Å². The summed E-state index contributed by atoms with van der Waals surface area (Å²) in [5.74, 6) is -0.175. The predicted octanol–water partition coefficient (Wildman–Crippen LogP) is 3.33. The predicted molar refractivity (Wildman–Crippen MR) is 101 cm³/mol. The Balaban J connectivity index is 1.91. The highest BCUT2D eigenvalue weighted by Crippen LogP contribution is 2.20. The van der Waals surface area contributed by atoms with E-state index < -0.39 is 12.0 Å². The summed E-state index contributed by atoms with van der Waals surface area (Å²) in [4.78, 5) is 27.4. The standard InChI is InChI=1S/C20H25N3O4/c1-4-5-6-16(20(25)26)21-17(24)11-12-18-22-19(23-27-18)15-9-7-14(8-10-15)13(2)3/h4-5,7-10,13,16H,6,11-12H2,1-3H3,(H,21,24)(H,25,26)/b5-4+. The van der Waals surface area contributed by atoms with Crippen LogP contribution in [0, 0.1) is 0 Å². The molecule has 1 heterocycles. The van der Waals surface area contributed by atoms with Crippen LogP contribution in [0.15, 0.2) is 40.9 Å². The lowest BCUT2D eigenvalue weighted by Gasteiger charge is -2.11. The summed E-state index contributed by atoms with van der Waals surface area (Å²) in [6.07, 6.45) is 4.02. The van der Waals surface area contributed by atoms with Gasteiger partial charge in [-0.3, -0.25) is 4.79 Å². The number of rotatable bonds is 9. The maximum atomic E-state index is 12.0. The third-order valence-electron chi connectivity index (χ3n) is 4.11. The van der Waals surface area contributed by atoms with E-state index in [1.54, 1.807) is 19.1 Å². The van der Waals surface area contributed by atoms with Gasteiger partial charge in [-0.25, -0.2) is 4.79 Å². The molecule has 0 saturated heterocycles. The van der Waals surface area contributed by atoms with Gasteiger partial charge in [0.1, 0.15) is 6.04 Å². The van der Waals surface area contributed by atoms with Gasteiger partial charge >= 0.3 is 5.97 Å². The van der Waals surface area contributed by atoms with Gasteiger partial charge < -0.3 is 14.9 Å². The first-order valence-electron chi connectivity index (χ1n) is 8.97. The number of hydrogen-bond acceptors (Lipinski definition) is 5. The second kappa shape index (κ2) is 9.66. The maximum absolute atomic E-state index is 12.0. The van der Waals surface area contributed by atoms with Crippen molar-refractivity contribution in [2.24, 2.45) is 0 Å². The fourth-order valence-electron chi connectivity index (χ4n) is 2.47. The Kier molecular flexibility index (Phi) is 7.28. The Hall–Kier alpha value is -2.96. The molecule has 0 saturated carbocycles. The largest absolute Gasteiger partial charge is 0.480 e. The van der Waals surface area contributed by atoms with Gasteiger partial charge in [0, 0.05) is 18.4 Å². The molecule has 1 aromatic heterocycles. The van der Waals surface area contributed by atoms with E-state index in [9.17, 15) is 9.59 Å². The van der Waals surface area contributed by atoms with Crippen molar-refractivity contribution in [1.29, 1.82) is 0 Å². The molecule has 1 unspecified atom stereocenters. The number of aromatic nitrogens is 2. The van der Waals surface area contributed by atoms with Crippen LogP contribution in [-0.4, -0.2) is 33.2 Å². The normalized spacial score (nSPS) is 12.4.